The number of nitrogens with one attached hydrogen (secondary N) is 1. The number of nitrogens with zero attached hydrogens (tertiary/aromatic N) is 3. The van der Waals surface area contributed by atoms with Crippen LogP contribution in [0.25, 0.3) is 0 Å². The summed E-state index contributed by atoms with van der Waals surface area (Å²) < 4.78 is 27.6. The summed E-state index contributed by atoms with van der Waals surface area (Å²) in [6.07, 6.45) is 0. The summed E-state index contributed by atoms with van der Waals surface area (Å²) in [6.45, 7) is 3.60. The quantitative estimate of drug-likeness (QED) is 0.777. The van der Waals surface area contributed by atoms with Gasteiger partial charge in [-0.15, -0.1) is 4.40 Å². The van der Waals surface area contributed by atoms with E-state index in [2.05, 4.69) is 21.8 Å². The molecule has 1 aromatic carbocycles. The van der Waals surface area contributed by atoms with Gasteiger partial charge < -0.3 is 10.3 Å². The van der Waals surface area contributed by atoms with E-state index in [1.165, 1.54) is 0 Å². The van der Waals surface area contributed by atoms with Gasteiger partial charge in [-0.3, -0.25) is 0 Å². The molecule has 102 valence electrons. The Hall–Kier alpha value is -1.44. The zero-order valence-electron chi connectivity index (χ0n) is 10.7. The van der Waals surface area contributed by atoms with E-state index in [1.54, 1.807) is 18.2 Å². The maximum absolute atomic E-state index is 11.9. The molecule has 0 bridgehead atoms. The lowest BCUT2D eigenvalue weighted by Gasteiger charge is -2.32. The molecule has 1 N–H and O–H groups in total. The van der Waals surface area contributed by atoms with E-state index in [4.69, 9.17) is 0 Å². The zero-order valence-corrected chi connectivity index (χ0v) is 11.5. The average molecular weight is 280 g/mol. The molecule has 0 amide bonds. The smallest absolute Gasteiger partial charge is 0.285 e. The third-order valence-electron chi connectivity index (χ3n) is 3.40. The van der Waals surface area contributed by atoms with Crippen LogP contribution in [0.1, 0.15) is 5.56 Å². The zero-order chi connectivity index (χ0) is 13.5. The summed E-state index contributed by atoms with van der Waals surface area (Å²) in [6, 6.07) is 6.90. The fourth-order valence-electron chi connectivity index (χ4n) is 2.25. The molecule has 0 unspecified atom stereocenters. The Morgan fingerprint density at radius 3 is 2.58 bits per heavy atom. The summed E-state index contributed by atoms with van der Waals surface area (Å²) in [5, 5.41) is 2.01. The first-order chi connectivity index (χ1) is 9.06. The summed E-state index contributed by atoms with van der Waals surface area (Å²) in [7, 11) is -1.45. The Kier molecular flexibility index (Phi) is 3.04. The maximum Gasteiger partial charge on any atom is 0.285 e. The number of amidine groups is 1. The molecule has 0 atom stereocenters. The Morgan fingerprint density at radius 1 is 1.16 bits per heavy atom. The summed E-state index contributed by atoms with van der Waals surface area (Å²) in [5.74, 6) is 0.431. The highest BCUT2D eigenvalue weighted by molar-refractivity contribution is 7.90. The normalized spacial score (nSPS) is 22.9. The van der Waals surface area contributed by atoms with Crippen molar-refractivity contribution in [2.45, 2.75) is 4.90 Å². The average Bonchev–Trinajstić information content (AvgIpc) is 2.65. The second-order valence-corrected chi connectivity index (χ2v) is 6.39. The van der Waals surface area contributed by atoms with E-state index < -0.39 is 10.0 Å². The van der Waals surface area contributed by atoms with Crippen LogP contribution in [0, 0.1) is 0 Å². The second kappa shape index (κ2) is 4.59. The maximum atomic E-state index is 11.9. The van der Waals surface area contributed by atoms with Crippen LogP contribution in [0.3, 0.4) is 0 Å². The molecular weight excluding hydrogens is 264 g/mol. The first-order valence-electron chi connectivity index (χ1n) is 6.21. The molecule has 3 rings (SSSR count). The van der Waals surface area contributed by atoms with Crippen molar-refractivity contribution in [2.75, 3.05) is 33.2 Å². The number of hydrogen-bond donors (Lipinski definition) is 1. The van der Waals surface area contributed by atoms with E-state index in [9.17, 15) is 8.42 Å². The highest BCUT2D eigenvalue weighted by atomic mass is 32.2. The molecule has 7 heteroatoms. The van der Waals surface area contributed by atoms with Gasteiger partial charge in [0.2, 0.25) is 0 Å². The fraction of sp³-hybridized carbons (Fsp3) is 0.417. The predicted octanol–water partition coefficient (Wildman–Crippen LogP) is -0.113. The largest absolute Gasteiger partial charge is 0.304 e. The highest BCUT2D eigenvalue weighted by Gasteiger charge is 2.29. The van der Waals surface area contributed by atoms with Gasteiger partial charge in [0, 0.05) is 31.7 Å². The van der Waals surface area contributed by atoms with E-state index in [1.807, 2.05) is 11.1 Å². The van der Waals surface area contributed by atoms with Gasteiger partial charge in [0.1, 0.15) is 4.90 Å². The number of hydrazine groups is 1. The van der Waals surface area contributed by atoms with Gasteiger partial charge in [0.25, 0.3) is 10.0 Å². The van der Waals surface area contributed by atoms with E-state index in [0.717, 1.165) is 26.2 Å². The van der Waals surface area contributed by atoms with Crippen LogP contribution in [-0.4, -0.2) is 57.4 Å². The lowest BCUT2D eigenvalue weighted by atomic mass is 10.2. The Balaban J connectivity index is 1.83. The van der Waals surface area contributed by atoms with E-state index in [0.29, 0.717) is 11.4 Å². The van der Waals surface area contributed by atoms with Crippen molar-refractivity contribution >= 4 is 15.9 Å². The predicted molar refractivity (Wildman–Crippen MR) is 72.4 cm³/mol. The van der Waals surface area contributed by atoms with Crippen LogP contribution in [-0.2, 0) is 10.0 Å². The summed E-state index contributed by atoms with van der Waals surface area (Å²) in [4.78, 5) is 2.52. The Bertz CT molecular complexity index is 618. The number of rotatable bonds is 1. The van der Waals surface area contributed by atoms with Crippen LogP contribution < -0.4 is 5.43 Å². The molecule has 6 nitrogen and oxygen atoms in total. The monoisotopic (exact) mass is 280 g/mol. The lowest BCUT2D eigenvalue weighted by Crippen LogP contribution is -2.52. The van der Waals surface area contributed by atoms with Gasteiger partial charge >= 0.3 is 0 Å². The van der Waals surface area contributed by atoms with Crippen LogP contribution in [0.2, 0.25) is 0 Å². The van der Waals surface area contributed by atoms with Gasteiger partial charge in [0.05, 0.1) is 0 Å². The van der Waals surface area contributed by atoms with E-state index >= 15 is 0 Å². The molecular formula is C12H16N4O2S. The number of hydrogen-bond acceptors (Lipinski definition) is 5. The minimum atomic E-state index is -3.53. The second-order valence-electron chi connectivity index (χ2n) is 4.81. The molecule has 0 radical (unpaired) electrons. The van der Waals surface area contributed by atoms with Crippen LogP contribution in [0.4, 0.5) is 0 Å². The van der Waals surface area contributed by atoms with Crippen molar-refractivity contribution in [3.63, 3.8) is 0 Å². The molecule has 2 heterocycles. The topological polar surface area (TPSA) is 65.0 Å². The Labute approximate surface area is 112 Å². The molecule has 2 aliphatic heterocycles. The molecule has 1 saturated heterocycles. The standard InChI is InChI=1S/C12H16N4O2S/c1-15-6-8-16(9-7-15)13-12-10-4-2-3-5-11(10)19(17,18)14-12/h2-5H,6-9H2,1H3,(H,13,14). The first-order valence-corrected chi connectivity index (χ1v) is 7.65. The molecule has 19 heavy (non-hydrogen) atoms. The van der Waals surface area contributed by atoms with Gasteiger partial charge in [0.15, 0.2) is 5.84 Å². The molecule has 1 aromatic rings. The molecule has 0 spiro atoms. The number of piperazine rings is 1. The number of sulfonamides is 1. The number of benzene rings is 1. The van der Waals surface area contributed by atoms with Gasteiger partial charge in [-0.25, -0.2) is 5.01 Å². The molecule has 2 aliphatic rings. The number of likely N-dealkylation sites (N-methyl/N-ethyl adjacent to an activating group) is 1. The fourth-order valence-corrected chi connectivity index (χ4v) is 3.43. The molecule has 1 fully saturated rings. The van der Waals surface area contributed by atoms with Crippen molar-refractivity contribution in [1.29, 1.82) is 0 Å². The van der Waals surface area contributed by atoms with Gasteiger partial charge in [-0.1, -0.05) is 12.1 Å². The number of fused-ring (bicyclic) bond motifs is 1. The van der Waals surface area contributed by atoms with Crippen LogP contribution in [0.15, 0.2) is 33.6 Å². The molecule has 0 saturated carbocycles. The lowest BCUT2D eigenvalue weighted by molar-refractivity contribution is 0.131. The minimum absolute atomic E-state index is 0.284. The summed E-state index contributed by atoms with van der Waals surface area (Å²) >= 11 is 0. The Morgan fingerprint density at radius 2 is 1.84 bits per heavy atom. The molecule has 0 aromatic heterocycles. The highest BCUT2D eigenvalue weighted by Crippen LogP contribution is 2.24. The minimum Gasteiger partial charge on any atom is -0.304 e. The van der Waals surface area contributed by atoms with E-state index in [-0.39, 0.29) is 4.90 Å². The van der Waals surface area contributed by atoms with Crippen molar-refractivity contribution in [3.05, 3.63) is 29.8 Å². The third-order valence-corrected chi connectivity index (χ3v) is 4.73. The SMILES string of the molecule is CN1CCN(NC2=NS(=O)(=O)c3ccccc32)CC1. The van der Waals surface area contributed by atoms with Crippen LogP contribution >= 0.6 is 0 Å². The van der Waals surface area contributed by atoms with Crippen LogP contribution in [0.5, 0.6) is 0 Å². The van der Waals surface area contributed by atoms with Crippen molar-refractivity contribution in [1.82, 2.24) is 15.3 Å². The van der Waals surface area contributed by atoms with Crippen molar-refractivity contribution in [3.8, 4) is 0 Å². The third kappa shape index (κ3) is 2.36. The molecule has 0 aliphatic carbocycles. The first kappa shape index (κ1) is 12.6. The van der Waals surface area contributed by atoms with Gasteiger partial charge in [-0.2, -0.15) is 8.42 Å². The summed E-state index contributed by atoms with van der Waals surface area (Å²) in [5.41, 5.74) is 3.78. The van der Waals surface area contributed by atoms with Crippen molar-refractivity contribution in [2.24, 2.45) is 4.40 Å². The van der Waals surface area contributed by atoms with Crippen molar-refractivity contribution < 1.29 is 8.42 Å². The van der Waals surface area contributed by atoms with Gasteiger partial charge in [-0.05, 0) is 19.2 Å².